The van der Waals surface area contributed by atoms with Gasteiger partial charge >= 0.3 is 0 Å². The van der Waals surface area contributed by atoms with E-state index in [1.807, 2.05) is 0 Å². The summed E-state index contributed by atoms with van der Waals surface area (Å²) in [5.74, 6) is 1.68. The first-order valence-electron chi connectivity index (χ1n) is 5.09. The smallest absolute Gasteiger partial charge is 0.267 e. The largest absolute Gasteiger partial charge is 0.274 e. The van der Waals surface area contributed by atoms with Crippen molar-refractivity contribution in [1.82, 2.24) is 4.98 Å². The van der Waals surface area contributed by atoms with Gasteiger partial charge in [-0.05, 0) is 12.1 Å². The molecule has 0 unspecified atom stereocenters. The second kappa shape index (κ2) is 4.19. The summed E-state index contributed by atoms with van der Waals surface area (Å²) in [5, 5.41) is 0. The highest BCUT2D eigenvalue weighted by Gasteiger charge is 2.41. The number of carbonyl (C=O) groups excluding carboxylic acids is 2. The molecule has 6 heteroatoms. The number of hydrogen-bond acceptors (Lipinski definition) is 5. The topological polar surface area (TPSA) is 50.3 Å². The Balaban J connectivity index is 2.01. The number of anilines is 1. The van der Waals surface area contributed by atoms with E-state index in [-0.39, 0.29) is 11.8 Å². The van der Waals surface area contributed by atoms with E-state index < -0.39 is 0 Å². The van der Waals surface area contributed by atoms with Crippen LogP contribution >= 0.6 is 23.5 Å². The molecule has 17 heavy (non-hydrogen) atoms. The number of hydrogen-bond donors (Lipinski definition) is 0. The Bertz CT molecular complexity index is 500. The zero-order valence-corrected chi connectivity index (χ0v) is 10.4. The van der Waals surface area contributed by atoms with Crippen molar-refractivity contribution >= 4 is 41.2 Å². The van der Waals surface area contributed by atoms with Crippen LogP contribution in [0.3, 0.4) is 0 Å². The molecule has 1 aromatic rings. The van der Waals surface area contributed by atoms with Crippen molar-refractivity contribution < 1.29 is 9.59 Å². The minimum Gasteiger partial charge on any atom is -0.267 e. The van der Waals surface area contributed by atoms with Crippen molar-refractivity contribution in [2.75, 3.05) is 16.4 Å². The normalized spacial score (nSPS) is 19.9. The van der Waals surface area contributed by atoms with Crippen LogP contribution in [-0.2, 0) is 9.59 Å². The summed E-state index contributed by atoms with van der Waals surface area (Å²) >= 11 is 2.93. The number of thioether (sulfide) groups is 2. The maximum Gasteiger partial charge on any atom is 0.274 e. The van der Waals surface area contributed by atoms with E-state index in [9.17, 15) is 9.59 Å². The van der Waals surface area contributed by atoms with Gasteiger partial charge in [0.1, 0.15) is 5.82 Å². The zero-order valence-electron chi connectivity index (χ0n) is 8.75. The lowest BCUT2D eigenvalue weighted by atomic mass is 10.4. The third-order valence-electron chi connectivity index (χ3n) is 2.46. The van der Waals surface area contributed by atoms with Gasteiger partial charge in [-0.3, -0.25) is 9.59 Å². The predicted octanol–water partition coefficient (Wildman–Crippen LogP) is 1.65. The highest BCUT2D eigenvalue weighted by Crippen LogP contribution is 2.41. The van der Waals surface area contributed by atoms with Gasteiger partial charge in [0, 0.05) is 17.7 Å². The van der Waals surface area contributed by atoms with Crippen molar-refractivity contribution in [3.05, 3.63) is 34.2 Å². The summed E-state index contributed by atoms with van der Waals surface area (Å²) < 4.78 is 0. The van der Waals surface area contributed by atoms with Gasteiger partial charge in [0.15, 0.2) is 0 Å². The Hall–Kier alpha value is -1.27. The molecule has 3 heterocycles. The third kappa shape index (κ3) is 1.68. The molecule has 0 N–H and O–H groups in total. The zero-order chi connectivity index (χ0) is 11.8. The number of imide groups is 1. The number of nitrogens with zero attached hydrogens (tertiary/aromatic N) is 2. The molecule has 2 aliphatic heterocycles. The second-order valence-electron chi connectivity index (χ2n) is 3.49. The number of pyridine rings is 1. The van der Waals surface area contributed by atoms with Crippen LogP contribution in [0.4, 0.5) is 5.82 Å². The molecule has 0 spiro atoms. The fraction of sp³-hybridized carbons (Fsp3) is 0.182. The van der Waals surface area contributed by atoms with Crippen LogP contribution in [0.15, 0.2) is 34.2 Å². The van der Waals surface area contributed by atoms with Gasteiger partial charge in [-0.25, -0.2) is 9.88 Å². The maximum atomic E-state index is 12.1. The van der Waals surface area contributed by atoms with Crippen LogP contribution in [0.2, 0.25) is 0 Å². The number of aromatic nitrogens is 1. The monoisotopic (exact) mass is 264 g/mol. The highest BCUT2D eigenvalue weighted by atomic mass is 32.2. The molecule has 0 atom stereocenters. The first-order valence-corrected chi connectivity index (χ1v) is 7.06. The first kappa shape index (κ1) is 10.9. The van der Waals surface area contributed by atoms with Crippen LogP contribution in [0.1, 0.15) is 0 Å². The molecule has 0 saturated heterocycles. The lowest BCUT2D eigenvalue weighted by molar-refractivity contribution is -0.120. The SMILES string of the molecule is O=C1C2=C(SCCS2)C(=O)N1c1ccccn1. The van der Waals surface area contributed by atoms with Crippen molar-refractivity contribution in [1.29, 1.82) is 0 Å². The molecule has 0 aromatic carbocycles. The maximum absolute atomic E-state index is 12.1. The van der Waals surface area contributed by atoms with E-state index in [2.05, 4.69) is 4.98 Å². The van der Waals surface area contributed by atoms with Gasteiger partial charge < -0.3 is 0 Å². The Morgan fingerprint density at radius 3 is 2.24 bits per heavy atom. The van der Waals surface area contributed by atoms with E-state index in [0.717, 1.165) is 16.4 Å². The van der Waals surface area contributed by atoms with Crippen molar-refractivity contribution in [2.45, 2.75) is 0 Å². The molecular formula is C11H8N2O2S2. The summed E-state index contributed by atoms with van der Waals surface area (Å²) in [5.41, 5.74) is 0. The number of amides is 2. The fourth-order valence-corrected chi connectivity index (χ4v) is 4.02. The molecule has 1 aromatic heterocycles. The van der Waals surface area contributed by atoms with Crippen LogP contribution < -0.4 is 4.90 Å². The summed E-state index contributed by atoms with van der Waals surface area (Å²) in [6.07, 6.45) is 1.58. The summed E-state index contributed by atoms with van der Waals surface area (Å²) in [6, 6.07) is 5.19. The predicted molar refractivity (Wildman–Crippen MR) is 68.7 cm³/mol. The van der Waals surface area contributed by atoms with Gasteiger partial charge in [0.05, 0.1) is 9.81 Å². The second-order valence-corrected chi connectivity index (χ2v) is 5.70. The van der Waals surface area contributed by atoms with Gasteiger partial charge in [-0.1, -0.05) is 6.07 Å². The van der Waals surface area contributed by atoms with Gasteiger partial charge in [-0.15, -0.1) is 23.5 Å². The standard InChI is InChI=1S/C11H8N2O2S2/c14-10-8-9(17-6-5-16-8)11(15)13(10)7-3-1-2-4-12-7/h1-4H,5-6H2. The quantitative estimate of drug-likeness (QED) is 0.722. The van der Waals surface area contributed by atoms with Crippen LogP contribution in [-0.4, -0.2) is 28.3 Å². The lowest BCUT2D eigenvalue weighted by Crippen LogP contribution is -2.31. The summed E-state index contributed by atoms with van der Waals surface area (Å²) in [4.78, 5) is 30.6. The molecule has 0 bridgehead atoms. The molecule has 0 fully saturated rings. The Labute approximate surface area is 106 Å². The van der Waals surface area contributed by atoms with E-state index in [1.54, 1.807) is 24.4 Å². The Morgan fingerprint density at radius 2 is 1.71 bits per heavy atom. The highest BCUT2D eigenvalue weighted by molar-refractivity contribution is 8.11. The van der Waals surface area contributed by atoms with Crippen LogP contribution in [0, 0.1) is 0 Å². The molecule has 0 radical (unpaired) electrons. The molecule has 86 valence electrons. The van der Waals surface area contributed by atoms with Crippen molar-refractivity contribution in [3.63, 3.8) is 0 Å². The molecule has 2 aliphatic rings. The minimum absolute atomic E-state index is 0.235. The van der Waals surface area contributed by atoms with E-state index in [0.29, 0.717) is 15.6 Å². The minimum atomic E-state index is -0.235. The molecular weight excluding hydrogens is 256 g/mol. The molecule has 0 aliphatic carbocycles. The van der Waals surface area contributed by atoms with Gasteiger partial charge in [0.2, 0.25) is 0 Å². The Kier molecular flexibility index (Phi) is 2.68. The number of rotatable bonds is 1. The molecule has 2 amide bonds. The van der Waals surface area contributed by atoms with Crippen LogP contribution in [0.5, 0.6) is 0 Å². The average molecular weight is 264 g/mol. The van der Waals surface area contributed by atoms with E-state index in [4.69, 9.17) is 0 Å². The van der Waals surface area contributed by atoms with Crippen LogP contribution in [0.25, 0.3) is 0 Å². The summed E-state index contributed by atoms with van der Waals surface area (Å²) in [7, 11) is 0. The third-order valence-corrected chi connectivity index (χ3v) is 4.99. The Morgan fingerprint density at radius 1 is 1.06 bits per heavy atom. The van der Waals surface area contributed by atoms with E-state index >= 15 is 0 Å². The fourth-order valence-electron chi connectivity index (χ4n) is 1.73. The number of carbonyl (C=O) groups is 2. The molecule has 3 rings (SSSR count). The summed E-state index contributed by atoms with van der Waals surface area (Å²) in [6.45, 7) is 0. The molecule has 0 saturated carbocycles. The first-order chi connectivity index (χ1) is 8.29. The average Bonchev–Trinajstić information content (AvgIpc) is 2.64. The van der Waals surface area contributed by atoms with Crippen molar-refractivity contribution in [3.8, 4) is 0 Å². The molecule has 4 nitrogen and oxygen atoms in total. The van der Waals surface area contributed by atoms with Gasteiger partial charge in [0.25, 0.3) is 11.8 Å². The van der Waals surface area contributed by atoms with E-state index in [1.165, 1.54) is 23.5 Å². The lowest BCUT2D eigenvalue weighted by Gasteiger charge is -2.12. The van der Waals surface area contributed by atoms with Crippen molar-refractivity contribution in [2.24, 2.45) is 0 Å². The van der Waals surface area contributed by atoms with Gasteiger partial charge in [-0.2, -0.15) is 0 Å².